The SMILES string of the molecule is O=C(/C=C/c1sc2ccccc2c1Cl)Nc1cccnc1. The fourth-order valence-corrected chi connectivity index (χ4v) is 3.31. The molecule has 1 amide bonds. The van der Waals surface area contributed by atoms with Crippen LogP contribution in [-0.4, -0.2) is 10.9 Å². The van der Waals surface area contributed by atoms with Crippen LogP contribution in [0.5, 0.6) is 0 Å². The molecule has 2 heterocycles. The van der Waals surface area contributed by atoms with Gasteiger partial charge < -0.3 is 5.32 Å². The lowest BCUT2D eigenvalue weighted by Crippen LogP contribution is -2.07. The Morgan fingerprint density at radius 3 is 2.86 bits per heavy atom. The first-order valence-electron chi connectivity index (χ1n) is 6.30. The van der Waals surface area contributed by atoms with Crippen LogP contribution in [0, 0.1) is 0 Å². The van der Waals surface area contributed by atoms with E-state index in [1.165, 1.54) is 6.08 Å². The second-order valence-corrected chi connectivity index (χ2v) is 5.80. The zero-order chi connectivity index (χ0) is 14.7. The predicted octanol–water partition coefficient (Wildman–Crippen LogP) is 4.60. The molecule has 0 unspecified atom stereocenters. The molecule has 3 nitrogen and oxygen atoms in total. The average molecular weight is 315 g/mol. The number of aromatic nitrogens is 1. The number of nitrogens with zero attached hydrogens (tertiary/aromatic N) is 1. The first kappa shape index (κ1) is 13.8. The summed E-state index contributed by atoms with van der Waals surface area (Å²) in [5.74, 6) is -0.212. The molecule has 104 valence electrons. The van der Waals surface area contributed by atoms with Gasteiger partial charge in [0.1, 0.15) is 0 Å². The van der Waals surface area contributed by atoms with Gasteiger partial charge in [-0.1, -0.05) is 29.8 Å². The summed E-state index contributed by atoms with van der Waals surface area (Å²) in [4.78, 5) is 16.7. The molecule has 21 heavy (non-hydrogen) atoms. The monoisotopic (exact) mass is 314 g/mol. The van der Waals surface area contributed by atoms with Crippen molar-refractivity contribution < 1.29 is 4.79 Å². The highest BCUT2D eigenvalue weighted by Crippen LogP contribution is 2.35. The summed E-state index contributed by atoms with van der Waals surface area (Å²) in [5, 5.41) is 4.43. The van der Waals surface area contributed by atoms with E-state index in [1.54, 1.807) is 41.9 Å². The van der Waals surface area contributed by atoms with Crippen LogP contribution in [0.4, 0.5) is 5.69 Å². The lowest BCUT2D eigenvalue weighted by molar-refractivity contribution is -0.111. The molecule has 0 bridgehead atoms. The van der Waals surface area contributed by atoms with Crippen LogP contribution in [0.1, 0.15) is 4.88 Å². The van der Waals surface area contributed by atoms with E-state index in [4.69, 9.17) is 11.6 Å². The van der Waals surface area contributed by atoms with Gasteiger partial charge in [0.25, 0.3) is 0 Å². The van der Waals surface area contributed by atoms with Crippen molar-refractivity contribution in [3.8, 4) is 0 Å². The second-order valence-electron chi connectivity index (χ2n) is 4.34. The minimum Gasteiger partial charge on any atom is -0.321 e. The Bertz CT molecular complexity index is 812. The van der Waals surface area contributed by atoms with Gasteiger partial charge in [0.15, 0.2) is 0 Å². The van der Waals surface area contributed by atoms with Gasteiger partial charge >= 0.3 is 0 Å². The molecular weight excluding hydrogens is 304 g/mol. The number of amides is 1. The van der Waals surface area contributed by atoms with Crippen molar-refractivity contribution in [2.45, 2.75) is 0 Å². The van der Waals surface area contributed by atoms with Gasteiger partial charge in [0, 0.05) is 27.2 Å². The van der Waals surface area contributed by atoms with Crippen LogP contribution >= 0.6 is 22.9 Å². The highest BCUT2D eigenvalue weighted by Gasteiger charge is 2.07. The maximum atomic E-state index is 11.8. The number of nitrogens with one attached hydrogen (secondary N) is 1. The molecule has 3 aromatic rings. The Balaban J connectivity index is 1.78. The molecule has 5 heteroatoms. The fraction of sp³-hybridized carbons (Fsp3) is 0. The summed E-state index contributed by atoms with van der Waals surface area (Å²) in [6, 6.07) is 11.5. The summed E-state index contributed by atoms with van der Waals surface area (Å²) >= 11 is 7.88. The zero-order valence-electron chi connectivity index (χ0n) is 10.9. The van der Waals surface area contributed by atoms with E-state index in [1.807, 2.05) is 24.3 Å². The normalized spacial score (nSPS) is 11.1. The molecule has 3 rings (SSSR count). The molecular formula is C16H11ClN2OS. The smallest absolute Gasteiger partial charge is 0.248 e. The number of pyridine rings is 1. The van der Waals surface area contributed by atoms with Gasteiger partial charge in [-0.2, -0.15) is 0 Å². The summed E-state index contributed by atoms with van der Waals surface area (Å²) < 4.78 is 1.11. The molecule has 0 fully saturated rings. The number of fused-ring (bicyclic) bond motifs is 1. The quantitative estimate of drug-likeness (QED) is 0.718. The number of hydrogen-bond donors (Lipinski definition) is 1. The van der Waals surface area contributed by atoms with Crippen molar-refractivity contribution in [1.29, 1.82) is 0 Å². The number of benzene rings is 1. The van der Waals surface area contributed by atoms with Gasteiger partial charge in [-0.05, 0) is 24.3 Å². The van der Waals surface area contributed by atoms with E-state index in [2.05, 4.69) is 10.3 Å². The van der Waals surface area contributed by atoms with Crippen LogP contribution in [0.15, 0.2) is 54.9 Å². The number of carbonyl (C=O) groups excluding carboxylic acids is 1. The maximum Gasteiger partial charge on any atom is 0.248 e. The number of anilines is 1. The molecule has 0 aliphatic carbocycles. The number of hydrogen-bond acceptors (Lipinski definition) is 3. The minimum atomic E-state index is -0.212. The highest BCUT2D eigenvalue weighted by molar-refractivity contribution is 7.20. The Kier molecular flexibility index (Phi) is 3.99. The van der Waals surface area contributed by atoms with Crippen molar-refractivity contribution >= 4 is 50.7 Å². The van der Waals surface area contributed by atoms with E-state index in [-0.39, 0.29) is 5.91 Å². The lowest BCUT2D eigenvalue weighted by atomic mass is 10.2. The molecule has 0 saturated heterocycles. The molecule has 2 aromatic heterocycles. The topological polar surface area (TPSA) is 42.0 Å². The largest absolute Gasteiger partial charge is 0.321 e. The van der Waals surface area contributed by atoms with Crippen molar-refractivity contribution in [2.24, 2.45) is 0 Å². The first-order chi connectivity index (χ1) is 10.2. The van der Waals surface area contributed by atoms with Crippen LogP contribution in [0.25, 0.3) is 16.2 Å². The van der Waals surface area contributed by atoms with Crippen LogP contribution in [-0.2, 0) is 4.79 Å². The minimum absolute atomic E-state index is 0.212. The number of carbonyl (C=O) groups is 1. The summed E-state index contributed by atoms with van der Waals surface area (Å²) in [5.41, 5.74) is 0.662. The number of rotatable bonds is 3. The molecule has 1 N–H and O–H groups in total. The average Bonchev–Trinajstić information content (AvgIpc) is 2.83. The molecule has 0 aliphatic rings. The van der Waals surface area contributed by atoms with Crippen LogP contribution in [0.3, 0.4) is 0 Å². The lowest BCUT2D eigenvalue weighted by Gasteiger charge is -1.99. The Labute approximate surface area is 130 Å². The van der Waals surface area contributed by atoms with E-state index >= 15 is 0 Å². The number of halogens is 1. The van der Waals surface area contributed by atoms with Crippen LogP contribution in [0.2, 0.25) is 5.02 Å². The van der Waals surface area contributed by atoms with Gasteiger partial charge in [-0.3, -0.25) is 9.78 Å². The van der Waals surface area contributed by atoms with Gasteiger partial charge in [-0.25, -0.2) is 0 Å². The van der Waals surface area contributed by atoms with Crippen molar-refractivity contribution in [2.75, 3.05) is 5.32 Å². The Morgan fingerprint density at radius 2 is 2.10 bits per heavy atom. The van der Waals surface area contributed by atoms with Crippen molar-refractivity contribution in [3.63, 3.8) is 0 Å². The summed E-state index contributed by atoms with van der Waals surface area (Å²) in [6.07, 6.45) is 6.46. The third-order valence-corrected chi connectivity index (χ3v) is 4.53. The molecule has 0 saturated carbocycles. The van der Waals surface area contributed by atoms with E-state index in [0.29, 0.717) is 10.7 Å². The highest BCUT2D eigenvalue weighted by atomic mass is 35.5. The molecule has 1 aromatic carbocycles. The molecule has 0 atom stereocenters. The third-order valence-electron chi connectivity index (χ3n) is 2.87. The summed E-state index contributed by atoms with van der Waals surface area (Å²) in [7, 11) is 0. The predicted molar refractivity (Wildman–Crippen MR) is 88.7 cm³/mol. The van der Waals surface area contributed by atoms with Crippen molar-refractivity contribution in [1.82, 2.24) is 4.98 Å². The van der Waals surface area contributed by atoms with Crippen molar-refractivity contribution in [3.05, 3.63) is 64.8 Å². The zero-order valence-corrected chi connectivity index (χ0v) is 12.5. The second kappa shape index (κ2) is 6.08. The molecule has 0 radical (unpaired) electrons. The van der Waals surface area contributed by atoms with E-state index < -0.39 is 0 Å². The van der Waals surface area contributed by atoms with E-state index in [0.717, 1.165) is 15.0 Å². The maximum absolute atomic E-state index is 11.8. The standard InChI is InChI=1S/C16H11ClN2OS/c17-16-12-5-1-2-6-13(12)21-14(16)7-8-15(20)19-11-4-3-9-18-10-11/h1-10H,(H,19,20)/b8-7+. The van der Waals surface area contributed by atoms with Gasteiger partial charge in [0.2, 0.25) is 5.91 Å². The summed E-state index contributed by atoms with van der Waals surface area (Å²) in [6.45, 7) is 0. The Hall–Kier alpha value is -2.17. The molecule has 0 spiro atoms. The van der Waals surface area contributed by atoms with E-state index in [9.17, 15) is 4.79 Å². The third kappa shape index (κ3) is 3.12. The number of thiophene rings is 1. The van der Waals surface area contributed by atoms with Gasteiger partial charge in [0.05, 0.1) is 16.9 Å². The molecule has 0 aliphatic heterocycles. The fourth-order valence-electron chi connectivity index (χ4n) is 1.91. The van der Waals surface area contributed by atoms with Gasteiger partial charge in [-0.15, -0.1) is 11.3 Å². The first-order valence-corrected chi connectivity index (χ1v) is 7.49. The Morgan fingerprint density at radius 1 is 1.24 bits per heavy atom. The van der Waals surface area contributed by atoms with Crippen LogP contribution < -0.4 is 5.32 Å².